The molecule has 11 heteroatoms. The van der Waals surface area contributed by atoms with E-state index >= 15 is 0 Å². The number of hydrogen-bond donors (Lipinski definition) is 3. The van der Waals surface area contributed by atoms with Crippen molar-refractivity contribution in [1.82, 2.24) is 35.1 Å². The summed E-state index contributed by atoms with van der Waals surface area (Å²) in [4.78, 5) is 20.0. The van der Waals surface area contributed by atoms with Crippen LogP contribution in [-0.4, -0.2) is 35.7 Å². The summed E-state index contributed by atoms with van der Waals surface area (Å²) in [5.41, 5.74) is 7.05. The van der Waals surface area contributed by atoms with Gasteiger partial charge in [-0.2, -0.15) is 4.52 Å². The second kappa shape index (κ2) is 7.45. The highest BCUT2D eigenvalue weighted by molar-refractivity contribution is 6.30. The van der Waals surface area contributed by atoms with E-state index in [1.54, 1.807) is 24.3 Å². The molecule has 1 amide bonds. The lowest BCUT2D eigenvalue weighted by Gasteiger charge is -2.07. The summed E-state index contributed by atoms with van der Waals surface area (Å²) >= 11 is 6.00. The van der Waals surface area contributed by atoms with Crippen molar-refractivity contribution in [2.45, 2.75) is 6.54 Å². The number of amides is 1. The smallest absolute Gasteiger partial charge is 0.274 e. The molecular weight excluding hydrogens is 382 g/mol. The number of anilines is 3. The lowest BCUT2D eigenvalue weighted by molar-refractivity contribution is 0.0945. The van der Waals surface area contributed by atoms with E-state index in [2.05, 4.69) is 35.9 Å². The van der Waals surface area contributed by atoms with Gasteiger partial charge in [-0.3, -0.25) is 4.79 Å². The van der Waals surface area contributed by atoms with Gasteiger partial charge in [-0.1, -0.05) is 17.7 Å². The van der Waals surface area contributed by atoms with E-state index in [0.717, 1.165) is 5.69 Å². The van der Waals surface area contributed by atoms with Crippen LogP contribution in [0, 0.1) is 0 Å². The number of halogens is 1. The van der Waals surface area contributed by atoms with Crippen LogP contribution in [0.1, 0.15) is 16.3 Å². The van der Waals surface area contributed by atoms with E-state index in [9.17, 15) is 4.79 Å². The zero-order valence-electron chi connectivity index (χ0n) is 14.4. The summed E-state index contributed by atoms with van der Waals surface area (Å²) in [7, 11) is 0. The standard InChI is InChI=1S/C17H14ClN9O/c18-10-2-1-3-11(8-10)23-12-4-5-13-24-25-14(27(13)26-12)9-22-17(28)15-16(19)21-7-6-20-15/h1-8H,9H2,(H2,19,21)(H,22,28)(H,23,26). The molecule has 4 aromatic rings. The molecule has 4 rings (SSSR count). The minimum absolute atomic E-state index is 0.0487. The lowest BCUT2D eigenvalue weighted by Crippen LogP contribution is -2.26. The average molecular weight is 396 g/mol. The van der Waals surface area contributed by atoms with Gasteiger partial charge in [-0.15, -0.1) is 15.3 Å². The van der Waals surface area contributed by atoms with Crippen molar-refractivity contribution >= 4 is 40.5 Å². The molecule has 1 aromatic carbocycles. The molecule has 28 heavy (non-hydrogen) atoms. The Labute approximate surface area is 163 Å². The molecule has 0 bridgehead atoms. The largest absolute Gasteiger partial charge is 0.382 e. The Morgan fingerprint density at radius 3 is 2.82 bits per heavy atom. The second-order valence-corrected chi connectivity index (χ2v) is 6.15. The Kier molecular flexibility index (Phi) is 4.68. The van der Waals surface area contributed by atoms with Crippen molar-refractivity contribution in [3.8, 4) is 0 Å². The molecule has 0 fully saturated rings. The highest BCUT2D eigenvalue weighted by atomic mass is 35.5. The third-order valence-corrected chi connectivity index (χ3v) is 4.01. The maximum atomic E-state index is 12.2. The van der Waals surface area contributed by atoms with Gasteiger partial charge < -0.3 is 16.4 Å². The van der Waals surface area contributed by atoms with Gasteiger partial charge in [0.15, 0.2) is 28.8 Å². The van der Waals surface area contributed by atoms with Gasteiger partial charge in [-0.05, 0) is 30.3 Å². The molecule has 10 nitrogen and oxygen atoms in total. The van der Waals surface area contributed by atoms with Crippen LogP contribution >= 0.6 is 11.6 Å². The van der Waals surface area contributed by atoms with Gasteiger partial charge in [0.1, 0.15) is 0 Å². The molecule has 0 aliphatic heterocycles. The Morgan fingerprint density at radius 1 is 1.14 bits per heavy atom. The first-order valence-electron chi connectivity index (χ1n) is 8.19. The molecular formula is C17H14ClN9O. The zero-order valence-corrected chi connectivity index (χ0v) is 15.1. The van der Waals surface area contributed by atoms with Crippen molar-refractivity contribution in [1.29, 1.82) is 0 Å². The fraction of sp³-hybridized carbons (Fsp3) is 0.0588. The minimum Gasteiger partial charge on any atom is -0.382 e. The third kappa shape index (κ3) is 3.67. The van der Waals surface area contributed by atoms with Gasteiger partial charge >= 0.3 is 0 Å². The summed E-state index contributed by atoms with van der Waals surface area (Å²) < 4.78 is 1.53. The first-order valence-corrected chi connectivity index (χ1v) is 8.56. The van der Waals surface area contributed by atoms with Crippen LogP contribution < -0.4 is 16.4 Å². The Morgan fingerprint density at radius 2 is 2.00 bits per heavy atom. The molecule has 0 aliphatic rings. The Bertz CT molecular complexity index is 1160. The summed E-state index contributed by atoms with van der Waals surface area (Å²) in [6, 6.07) is 10.8. The fourth-order valence-corrected chi connectivity index (χ4v) is 2.68. The molecule has 3 heterocycles. The highest BCUT2D eigenvalue weighted by Crippen LogP contribution is 2.19. The van der Waals surface area contributed by atoms with Crippen LogP contribution in [0.15, 0.2) is 48.8 Å². The summed E-state index contributed by atoms with van der Waals surface area (Å²) in [5, 5.41) is 19.0. The number of carbonyl (C=O) groups excluding carboxylic acids is 1. The summed E-state index contributed by atoms with van der Waals surface area (Å²) in [6.07, 6.45) is 2.81. The van der Waals surface area contributed by atoms with E-state index in [0.29, 0.717) is 22.3 Å². The first kappa shape index (κ1) is 17.6. The van der Waals surface area contributed by atoms with Gasteiger partial charge in [0.05, 0.1) is 6.54 Å². The number of aromatic nitrogens is 6. The van der Waals surface area contributed by atoms with Crippen LogP contribution in [0.4, 0.5) is 17.3 Å². The number of nitrogens with one attached hydrogen (secondary N) is 2. The van der Waals surface area contributed by atoms with Crippen LogP contribution in [-0.2, 0) is 6.54 Å². The fourth-order valence-electron chi connectivity index (χ4n) is 2.49. The molecule has 0 atom stereocenters. The second-order valence-electron chi connectivity index (χ2n) is 5.71. The Hall–Kier alpha value is -3.79. The van der Waals surface area contributed by atoms with Crippen LogP contribution in [0.5, 0.6) is 0 Å². The number of nitrogens with zero attached hydrogens (tertiary/aromatic N) is 6. The summed E-state index contributed by atoms with van der Waals surface area (Å²) in [5.74, 6) is 0.605. The molecule has 0 saturated carbocycles. The number of benzene rings is 1. The van der Waals surface area contributed by atoms with Gasteiger partial charge in [-0.25, -0.2) is 9.97 Å². The normalized spacial score (nSPS) is 10.8. The maximum absolute atomic E-state index is 12.2. The van der Waals surface area contributed by atoms with Crippen molar-refractivity contribution in [2.24, 2.45) is 0 Å². The first-order chi connectivity index (χ1) is 13.6. The van der Waals surface area contributed by atoms with Crippen LogP contribution in [0.25, 0.3) is 5.65 Å². The molecule has 0 aliphatic carbocycles. The molecule has 3 aromatic heterocycles. The predicted molar refractivity (Wildman–Crippen MR) is 103 cm³/mol. The monoisotopic (exact) mass is 395 g/mol. The third-order valence-electron chi connectivity index (χ3n) is 3.77. The minimum atomic E-state index is -0.462. The van der Waals surface area contributed by atoms with Crippen molar-refractivity contribution in [2.75, 3.05) is 11.1 Å². The van der Waals surface area contributed by atoms with Gasteiger partial charge in [0.2, 0.25) is 0 Å². The zero-order chi connectivity index (χ0) is 19.5. The number of rotatable bonds is 5. The maximum Gasteiger partial charge on any atom is 0.274 e. The number of fused-ring (bicyclic) bond motifs is 1. The number of carbonyl (C=O) groups is 1. The predicted octanol–water partition coefficient (Wildman–Crippen LogP) is 1.82. The van der Waals surface area contributed by atoms with Crippen molar-refractivity contribution in [3.05, 3.63) is 65.3 Å². The molecule has 4 N–H and O–H groups in total. The lowest BCUT2D eigenvalue weighted by atomic mass is 10.3. The number of nitrogens with two attached hydrogens (primary N) is 1. The SMILES string of the molecule is Nc1nccnc1C(=O)NCc1nnc2ccc(Nc3cccc(Cl)c3)nn12. The van der Waals surface area contributed by atoms with E-state index < -0.39 is 5.91 Å². The molecule has 0 unspecified atom stereocenters. The topological polar surface area (TPSA) is 136 Å². The van der Waals surface area contributed by atoms with Crippen molar-refractivity contribution in [3.63, 3.8) is 0 Å². The van der Waals surface area contributed by atoms with E-state index in [4.69, 9.17) is 17.3 Å². The molecule has 0 radical (unpaired) electrons. The molecule has 0 spiro atoms. The van der Waals surface area contributed by atoms with E-state index in [1.807, 2.05) is 12.1 Å². The summed E-state index contributed by atoms with van der Waals surface area (Å²) in [6.45, 7) is 0.0869. The molecule has 140 valence electrons. The van der Waals surface area contributed by atoms with E-state index in [-0.39, 0.29) is 18.1 Å². The number of hydrogen-bond acceptors (Lipinski definition) is 8. The van der Waals surface area contributed by atoms with E-state index in [1.165, 1.54) is 16.9 Å². The average Bonchev–Trinajstić information content (AvgIpc) is 3.09. The van der Waals surface area contributed by atoms with Crippen LogP contribution in [0.2, 0.25) is 5.02 Å². The Balaban J connectivity index is 1.53. The van der Waals surface area contributed by atoms with Crippen molar-refractivity contribution < 1.29 is 4.79 Å². The van der Waals surface area contributed by atoms with Crippen LogP contribution in [0.3, 0.4) is 0 Å². The number of nitrogen functional groups attached to an aromatic ring is 1. The van der Waals surface area contributed by atoms with Gasteiger partial charge in [0.25, 0.3) is 5.91 Å². The quantitative estimate of drug-likeness (QED) is 0.465. The van der Waals surface area contributed by atoms with Gasteiger partial charge in [0, 0.05) is 23.1 Å². The molecule has 0 saturated heterocycles. The highest BCUT2D eigenvalue weighted by Gasteiger charge is 2.14.